The molecule has 262 valence electrons. The molecule has 2 amide bonds. The first kappa shape index (κ1) is 35.0. The van der Waals surface area contributed by atoms with Crippen LogP contribution in [0.15, 0.2) is 54.0 Å². The summed E-state index contributed by atoms with van der Waals surface area (Å²) in [6.45, 7) is 11.7. The number of halogens is 3. The Bertz CT molecular complexity index is 2110. The number of phenols is 1. The molecule has 2 aliphatic heterocycles. The van der Waals surface area contributed by atoms with Gasteiger partial charge in [0.15, 0.2) is 5.82 Å². The summed E-state index contributed by atoms with van der Waals surface area (Å²) in [4.78, 5) is 53.8. The highest BCUT2D eigenvalue weighted by Gasteiger charge is 2.47. The normalized spacial score (nSPS) is 17.5. The Hall–Kier alpha value is -4.81. The van der Waals surface area contributed by atoms with Crippen LogP contribution in [0.2, 0.25) is 5.02 Å². The molecule has 0 aliphatic carbocycles. The molecule has 13 heteroatoms. The number of aromatic hydroxyl groups is 1. The maximum absolute atomic E-state index is 17.6. The van der Waals surface area contributed by atoms with Crippen LogP contribution in [0.1, 0.15) is 37.9 Å². The Morgan fingerprint density at radius 3 is 2.50 bits per heavy atom. The summed E-state index contributed by atoms with van der Waals surface area (Å²) in [5.41, 5.74) is -0.0208. The van der Waals surface area contributed by atoms with E-state index in [0.29, 0.717) is 23.5 Å². The monoisotopic (exact) mass is 704 g/mol. The minimum atomic E-state index is -1.03. The molecule has 1 N–H and O–H groups in total. The van der Waals surface area contributed by atoms with E-state index >= 15 is 13.6 Å². The van der Waals surface area contributed by atoms with Crippen LogP contribution in [0, 0.1) is 18.6 Å². The van der Waals surface area contributed by atoms with Crippen LogP contribution in [0.3, 0.4) is 0 Å². The Balaban J connectivity index is 1.81. The second-order valence-corrected chi connectivity index (χ2v) is 13.8. The fraction of sp³-hybridized carbons (Fsp3) is 0.351. The van der Waals surface area contributed by atoms with Gasteiger partial charge in [-0.05, 0) is 69.8 Å². The molecule has 50 heavy (non-hydrogen) atoms. The molecule has 2 aliphatic rings. The molecule has 2 aromatic carbocycles. The van der Waals surface area contributed by atoms with Crippen molar-refractivity contribution >= 4 is 45.7 Å². The van der Waals surface area contributed by atoms with Crippen LogP contribution in [0.5, 0.6) is 5.75 Å². The molecule has 4 heterocycles. The maximum atomic E-state index is 17.6. The highest BCUT2D eigenvalue weighted by Crippen LogP contribution is 2.48. The molecule has 0 spiro atoms. The topological polar surface area (TPSA) is 102 Å². The van der Waals surface area contributed by atoms with Crippen molar-refractivity contribution in [3.63, 3.8) is 0 Å². The van der Waals surface area contributed by atoms with E-state index in [4.69, 9.17) is 11.6 Å². The van der Waals surface area contributed by atoms with Crippen LogP contribution in [-0.2, 0) is 9.59 Å². The number of anilines is 2. The highest BCUT2D eigenvalue weighted by molar-refractivity contribution is 6.35. The lowest BCUT2D eigenvalue weighted by atomic mass is 9.94. The third kappa shape index (κ3) is 5.50. The van der Waals surface area contributed by atoms with Crippen molar-refractivity contribution in [2.45, 2.75) is 45.7 Å². The number of carbonyl (C=O) groups is 2. The SMILES string of the molecule is C=CC(=O)N1CC2C(=O)N(CCN(C)C)c3c(c4cc(Cl)c(-c5c(O)cccc5F)c(F)c4n(-c4c(C)ccnc4C(C)C)c3=O)N2CC1C. The number of piperazine rings is 1. The standard InChI is InChI=1S/C37H39ClF2N6O4/c1-8-27(48)44-18-25-36(49)43(15-14-42(6)7)35-34(45(25)17-21(44)5)22-16-23(38)28(29-24(39)10-9-11-26(29)47)30(40)33(22)46(37(35)50)32-20(4)12-13-41-31(32)19(2)3/h8-13,16,19,21,25,47H,1,14-15,17-18H2,2-7H3. The van der Waals surface area contributed by atoms with Crippen molar-refractivity contribution in [1.82, 2.24) is 19.4 Å². The molecular formula is C37H39ClF2N6O4. The Morgan fingerprint density at radius 1 is 1.14 bits per heavy atom. The molecule has 2 unspecified atom stereocenters. The molecule has 10 nitrogen and oxygen atoms in total. The zero-order valence-electron chi connectivity index (χ0n) is 28.8. The van der Waals surface area contributed by atoms with Gasteiger partial charge in [-0.15, -0.1) is 0 Å². The number of rotatable bonds is 7. The van der Waals surface area contributed by atoms with Crippen LogP contribution in [0.4, 0.5) is 20.2 Å². The lowest BCUT2D eigenvalue weighted by molar-refractivity contribution is -0.130. The minimum Gasteiger partial charge on any atom is -0.507 e. The highest BCUT2D eigenvalue weighted by atomic mass is 35.5. The maximum Gasteiger partial charge on any atom is 0.281 e. The molecule has 6 rings (SSSR count). The summed E-state index contributed by atoms with van der Waals surface area (Å²) < 4.78 is 34.2. The van der Waals surface area contributed by atoms with Gasteiger partial charge >= 0.3 is 0 Å². The van der Waals surface area contributed by atoms with E-state index in [9.17, 15) is 14.7 Å². The number of carbonyl (C=O) groups excluding carboxylic acids is 2. The number of aromatic nitrogens is 2. The largest absolute Gasteiger partial charge is 0.507 e. The van der Waals surface area contributed by atoms with Crippen LogP contribution in [0.25, 0.3) is 27.7 Å². The third-order valence-electron chi connectivity index (χ3n) is 9.54. The lowest BCUT2D eigenvalue weighted by Gasteiger charge is -2.50. The van der Waals surface area contributed by atoms with E-state index in [-0.39, 0.29) is 64.7 Å². The van der Waals surface area contributed by atoms with Gasteiger partial charge in [0.05, 0.1) is 39.7 Å². The molecule has 0 radical (unpaired) electrons. The van der Waals surface area contributed by atoms with E-state index < -0.39 is 46.2 Å². The quantitative estimate of drug-likeness (QED) is 0.249. The van der Waals surface area contributed by atoms with Crippen molar-refractivity contribution in [1.29, 1.82) is 0 Å². The summed E-state index contributed by atoms with van der Waals surface area (Å²) in [5, 5.41) is 10.7. The predicted octanol–water partition coefficient (Wildman–Crippen LogP) is 5.62. The smallest absolute Gasteiger partial charge is 0.281 e. The first-order valence-corrected chi connectivity index (χ1v) is 16.8. The second-order valence-electron chi connectivity index (χ2n) is 13.4. The number of nitrogens with zero attached hydrogens (tertiary/aromatic N) is 6. The van der Waals surface area contributed by atoms with Gasteiger partial charge in [-0.25, -0.2) is 8.78 Å². The molecule has 1 fully saturated rings. The van der Waals surface area contributed by atoms with Crippen molar-refractivity contribution in [3.05, 3.63) is 87.5 Å². The lowest BCUT2D eigenvalue weighted by Crippen LogP contribution is -2.67. The van der Waals surface area contributed by atoms with Gasteiger partial charge in [-0.1, -0.05) is 38.1 Å². The van der Waals surface area contributed by atoms with E-state index in [1.807, 2.05) is 39.8 Å². The predicted molar refractivity (Wildman–Crippen MR) is 192 cm³/mol. The Kier molecular flexibility index (Phi) is 9.21. The van der Waals surface area contributed by atoms with E-state index in [0.717, 1.165) is 6.07 Å². The van der Waals surface area contributed by atoms with Gasteiger partial charge in [0.2, 0.25) is 5.91 Å². The number of hydrogen-bond donors (Lipinski definition) is 1. The average molecular weight is 705 g/mol. The number of phenolic OH excluding ortho intramolecular Hbond substituents is 1. The van der Waals surface area contributed by atoms with E-state index in [1.54, 1.807) is 29.0 Å². The summed E-state index contributed by atoms with van der Waals surface area (Å²) in [5.74, 6) is -3.41. The second kappa shape index (κ2) is 13.1. The third-order valence-corrected chi connectivity index (χ3v) is 9.84. The number of benzene rings is 2. The van der Waals surface area contributed by atoms with Gasteiger partial charge in [0.25, 0.3) is 11.5 Å². The van der Waals surface area contributed by atoms with Gasteiger partial charge in [0.1, 0.15) is 23.3 Å². The summed E-state index contributed by atoms with van der Waals surface area (Å²) in [6, 6.07) is 5.45. The summed E-state index contributed by atoms with van der Waals surface area (Å²) in [7, 11) is 3.69. The molecule has 0 saturated carbocycles. The van der Waals surface area contributed by atoms with Crippen molar-refractivity contribution in [3.8, 4) is 22.6 Å². The van der Waals surface area contributed by atoms with Gasteiger partial charge < -0.3 is 24.7 Å². The molecule has 0 bridgehead atoms. The van der Waals surface area contributed by atoms with Gasteiger partial charge in [-0.2, -0.15) is 0 Å². The Labute approximate surface area is 293 Å². The van der Waals surface area contributed by atoms with Crippen molar-refractivity contribution in [2.75, 3.05) is 50.1 Å². The Morgan fingerprint density at radius 2 is 1.86 bits per heavy atom. The van der Waals surface area contributed by atoms with Crippen LogP contribution >= 0.6 is 11.6 Å². The van der Waals surface area contributed by atoms with Crippen molar-refractivity contribution in [2.24, 2.45) is 0 Å². The number of pyridine rings is 2. The molecular weight excluding hydrogens is 666 g/mol. The fourth-order valence-corrected chi connectivity index (χ4v) is 7.42. The molecule has 1 saturated heterocycles. The molecule has 4 aromatic rings. The minimum absolute atomic E-state index is 0.00391. The number of aryl methyl sites for hydroxylation is 1. The summed E-state index contributed by atoms with van der Waals surface area (Å²) >= 11 is 6.85. The first-order chi connectivity index (χ1) is 23.7. The fourth-order valence-electron chi connectivity index (χ4n) is 7.14. The van der Waals surface area contributed by atoms with E-state index in [1.165, 1.54) is 33.7 Å². The van der Waals surface area contributed by atoms with Crippen LogP contribution < -0.4 is 15.4 Å². The first-order valence-electron chi connectivity index (χ1n) is 16.4. The number of hydrogen-bond acceptors (Lipinski definition) is 7. The number of amides is 2. The van der Waals surface area contributed by atoms with Gasteiger partial charge in [0, 0.05) is 42.8 Å². The van der Waals surface area contributed by atoms with Crippen molar-refractivity contribution < 1.29 is 23.5 Å². The van der Waals surface area contributed by atoms with E-state index in [2.05, 4.69) is 11.6 Å². The number of likely N-dealkylation sites (N-methyl/N-ethyl adjacent to an activating group) is 1. The molecule has 2 aromatic heterocycles. The van der Waals surface area contributed by atoms with Crippen LogP contribution in [-0.4, -0.2) is 88.6 Å². The zero-order chi connectivity index (χ0) is 36.3. The summed E-state index contributed by atoms with van der Waals surface area (Å²) in [6.07, 6.45) is 2.81. The number of fused-ring (bicyclic) bond motifs is 5. The zero-order valence-corrected chi connectivity index (χ0v) is 29.6. The molecule has 2 atom stereocenters. The van der Waals surface area contributed by atoms with Gasteiger partial charge in [-0.3, -0.25) is 23.9 Å². The average Bonchev–Trinajstić information content (AvgIpc) is 3.05.